The van der Waals surface area contributed by atoms with E-state index in [1.54, 1.807) is 0 Å². The van der Waals surface area contributed by atoms with Gasteiger partial charge in [-0.3, -0.25) is 29.8 Å². The highest BCUT2D eigenvalue weighted by molar-refractivity contribution is 6.56. The summed E-state index contributed by atoms with van der Waals surface area (Å²) in [7, 11) is 0. The number of carbonyl (C=O) groups is 4. The van der Waals surface area contributed by atoms with E-state index < -0.39 is 23.6 Å². The lowest BCUT2D eigenvalue weighted by Crippen LogP contribution is -2.20. The molecule has 2 aromatic rings. The summed E-state index contributed by atoms with van der Waals surface area (Å²) in [6, 6.07) is 0. The second-order valence-corrected chi connectivity index (χ2v) is 8.60. The van der Waals surface area contributed by atoms with E-state index in [9.17, 15) is 19.2 Å². The molecule has 4 rings (SSSR count). The van der Waals surface area contributed by atoms with Crippen molar-refractivity contribution in [2.24, 2.45) is 0 Å². The lowest BCUT2D eigenvalue weighted by molar-refractivity contribution is 0.0863. The molecular weight excluding hydrogens is 568 g/mol. The first-order valence-electron chi connectivity index (χ1n) is 7.33. The van der Waals surface area contributed by atoms with Crippen LogP contribution >= 0.6 is 92.8 Å². The monoisotopic (exact) mass is 566 g/mol. The van der Waals surface area contributed by atoms with Gasteiger partial charge in [-0.1, -0.05) is 92.8 Å². The fourth-order valence-corrected chi connectivity index (χ4v) is 4.62. The molecule has 0 unspecified atom stereocenters. The molecule has 156 valence electrons. The van der Waals surface area contributed by atoms with Crippen molar-refractivity contribution in [1.29, 1.82) is 0 Å². The van der Waals surface area contributed by atoms with Crippen LogP contribution in [0.3, 0.4) is 0 Å². The van der Waals surface area contributed by atoms with Crippen LogP contribution in [0.5, 0.6) is 0 Å². The van der Waals surface area contributed by atoms with Gasteiger partial charge in [-0.25, -0.2) is 0 Å². The van der Waals surface area contributed by atoms with Gasteiger partial charge in [0.1, 0.15) is 0 Å². The van der Waals surface area contributed by atoms with Crippen LogP contribution in [0.2, 0.25) is 40.2 Å². The number of rotatable bonds is 0. The van der Waals surface area contributed by atoms with Gasteiger partial charge in [0, 0.05) is 0 Å². The Hall–Kier alpha value is -0.960. The summed E-state index contributed by atoms with van der Waals surface area (Å²) in [5.74, 6) is -2.50. The number of benzene rings is 2. The molecule has 2 N–H and O–H groups in total. The molecule has 0 radical (unpaired) electrons. The van der Waals surface area contributed by atoms with Crippen LogP contribution in [-0.4, -0.2) is 23.6 Å². The summed E-state index contributed by atoms with van der Waals surface area (Å²) in [5, 5.41) is 3.71. The van der Waals surface area contributed by atoms with E-state index in [0.29, 0.717) is 0 Å². The zero-order valence-electron chi connectivity index (χ0n) is 13.7. The van der Waals surface area contributed by atoms with Crippen molar-refractivity contribution in [3.05, 3.63) is 62.4 Å². The maximum absolute atomic E-state index is 11.3. The van der Waals surface area contributed by atoms with E-state index in [-0.39, 0.29) is 62.4 Å². The Morgan fingerprint density at radius 3 is 0.667 bits per heavy atom. The number of halogens is 8. The quantitative estimate of drug-likeness (QED) is 0.219. The highest BCUT2D eigenvalue weighted by Crippen LogP contribution is 2.44. The van der Waals surface area contributed by atoms with Crippen LogP contribution in [0.4, 0.5) is 0 Å². The standard InChI is InChI=1S/2C8HCl4NO2/c2*9-3-1-2(8(15)13-7(1)14)4(10)6(12)5(3)11/h2*(H,13,14,15). The van der Waals surface area contributed by atoms with Crippen LogP contribution in [0, 0.1) is 0 Å². The topological polar surface area (TPSA) is 92.3 Å². The van der Waals surface area contributed by atoms with Crippen molar-refractivity contribution in [3.8, 4) is 0 Å². The molecule has 6 nitrogen and oxygen atoms in total. The molecule has 2 aliphatic rings. The molecule has 0 bridgehead atoms. The minimum Gasteiger partial charge on any atom is -0.288 e. The van der Waals surface area contributed by atoms with Crippen LogP contribution in [-0.2, 0) is 0 Å². The Balaban J connectivity index is 0.000000171. The van der Waals surface area contributed by atoms with Crippen LogP contribution in [0.1, 0.15) is 41.4 Å². The molecule has 0 aromatic heterocycles. The Morgan fingerprint density at radius 1 is 0.333 bits per heavy atom. The van der Waals surface area contributed by atoms with Crippen molar-refractivity contribution < 1.29 is 19.2 Å². The Bertz CT molecular complexity index is 1030. The first kappa shape index (κ1) is 23.7. The molecule has 0 fully saturated rings. The van der Waals surface area contributed by atoms with E-state index >= 15 is 0 Å². The van der Waals surface area contributed by atoms with Crippen LogP contribution in [0.15, 0.2) is 0 Å². The highest BCUT2D eigenvalue weighted by Gasteiger charge is 2.36. The van der Waals surface area contributed by atoms with Gasteiger partial charge in [-0.05, 0) is 0 Å². The summed E-state index contributed by atoms with van der Waals surface area (Å²) in [6.45, 7) is 0. The molecule has 14 heteroatoms. The van der Waals surface area contributed by atoms with E-state index in [1.165, 1.54) is 0 Å². The van der Waals surface area contributed by atoms with E-state index in [4.69, 9.17) is 92.8 Å². The second kappa shape index (κ2) is 8.52. The van der Waals surface area contributed by atoms with Gasteiger partial charge in [0.05, 0.1) is 62.4 Å². The number of fused-ring (bicyclic) bond motifs is 2. The van der Waals surface area contributed by atoms with Crippen molar-refractivity contribution in [2.45, 2.75) is 0 Å². The van der Waals surface area contributed by atoms with E-state index in [2.05, 4.69) is 10.6 Å². The third-order valence-corrected chi connectivity index (χ3v) is 7.50. The molecule has 0 saturated carbocycles. The molecular formula is C16H2Cl8N2O4. The molecule has 30 heavy (non-hydrogen) atoms. The molecule has 2 heterocycles. The summed E-state index contributed by atoms with van der Waals surface area (Å²) >= 11 is 46.1. The number of imide groups is 2. The lowest BCUT2D eigenvalue weighted by atomic mass is 10.1. The van der Waals surface area contributed by atoms with Crippen LogP contribution < -0.4 is 10.6 Å². The van der Waals surface area contributed by atoms with E-state index in [1.807, 2.05) is 0 Å². The minimum absolute atomic E-state index is 0.0268. The summed E-state index contributed by atoms with van der Waals surface area (Å²) < 4.78 is 0. The fourth-order valence-electron chi connectivity index (χ4n) is 2.57. The number of carbonyl (C=O) groups excluding carboxylic acids is 4. The first-order chi connectivity index (χ1) is 13.9. The smallest absolute Gasteiger partial charge is 0.260 e. The van der Waals surface area contributed by atoms with Crippen molar-refractivity contribution in [1.82, 2.24) is 10.6 Å². The molecule has 4 amide bonds. The van der Waals surface area contributed by atoms with Gasteiger partial charge in [-0.15, -0.1) is 0 Å². The van der Waals surface area contributed by atoms with Gasteiger partial charge in [0.15, 0.2) is 0 Å². The van der Waals surface area contributed by atoms with Crippen molar-refractivity contribution in [3.63, 3.8) is 0 Å². The fraction of sp³-hybridized carbons (Fsp3) is 0. The maximum atomic E-state index is 11.3. The van der Waals surface area contributed by atoms with Gasteiger partial charge in [-0.2, -0.15) is 0 Å². The normalized spacial score (nSPS) is 14.1. The largest absolute Gasteiger partial charge is 0.288 e. The van der Waals surface area contributed by atoms with Crippen LogP contribution in [0.25, 0.3) is 0 Å². The first-order valence-corrected chi connectivity index (χ1v) is 10.4. The zero-order valence-corrected chi connectivity index (χ0v) is 19.7. The number of amides is 4. The Kier molecular flexibility index (Phi) is 6.73. The minimum atomic E-state index is -0.625. The molecule has 2 aliphatic heterocycles. The van der Waals surface area contributed by atoms with Gasteiger partial charge in [0.25, 0.3) is 23.6 Å². The summed E-state index contributed by atoms with van der Waals surface area (Å²) in [5.41, 5.74) is -0.107. The second-order valence-electron chi connectivity index (χ2n) is 5.58. The molecule has 0 aliphatic carbocycles. The molecule has 0 spiro atoms. The van der Waals surface area contributed by atoms with Crippen molar-refractivity contribution in [2.75, 3.05) is 0 Å². The summed E-state index contributed by atoms with van der Waals surface area (Å²) in [6.07, 6.45) is 0. The average Bonchev–Trinajstić information content (AvgIpc) is 3.16. The maximum Gasteiger partial charge on any atom is 0.260 e. The lowest BCUT2D eigenvalue weighted by Gasteiger charge is -2.06. The average molecular weight is 570 g/mol. The molecule has 0 atom stereocenters. The van der Waals surface area contributed by atoms with Gasteiger partial charge >= 0.3 is 0 Å². The number of nitrogens with one attached hydrogen (secondary N) is 2. The third-order valence-electron chi connectivity index (χ3n) is 3.90. The van der Waals surface area contributed by atoms with Gasteiger partial charge < -0.3 is 0 Å². The predicted molar refractivity (Wildman–Crippen MR) is 117 cm³/mol. The van der Waals surface area contributed by atoms with Gasteiger partial charge in [0.2, 0.25) is 0 Å². The Labute approximate surface area is 207 Å². The third kappa shape index (κ3) is 3.63. The Morgan fingerprint density at radius 2 is 0.500 bits per heavy atom. The predicted octanol–water partition coefficient (Wildman–Crippen LogP) is 6.37. The SMILES string of the molecule is O=C1NC(=O)c2c(Cl)c(Cl)c(Cl)c(Cl)c21.O=C1NC(=O)c2c(Cl)c(Cl)c(Cl)c(Cl)c21. The number of hydrogen-bond acceptors (Lipinski definition) is 4. The zero-order chi connectivity index (χ0) is 22.7. The number of hydrogen-bond donors (Lipinski definition) is 2. The summed E-state index contributed by atoms with van der Waals surface area (Å²) in [4.78, 5) is 45.3. The molecule has 2 aromatic carbocycles. The van der Waals surface area contributed by atoms with E-state index in [0.717, 1.165) is 0 Å². The van der Waals surface area contributed by atoms with Crippen molar-refractivity contribution >= 4 is 116 Å². The molecule has 0 saturated heterocycles. The highest BCUT2D eigenvalue weighted by atomic mass is 35.5.